The number of sulfonamides is 1. The maximum atomic E-state index is 13.2. The van der Waals surface area contributed by atoms with E-state index in [0.717, 1.165) is 46.7 Å². The van der Waals surface area contributed by atoms with Gasteiger partial charge in [-0.2, -0.15) is 0 Å². The van der Waals surface area contributed by atoms with Gasteiger partial charge in [-0.1, -0.05) is 60.7 Å². The number of para-hydroxylation sites is 1. The molecule has 0 saturated carbocycles. The number of ether oxygens (including phenoxy) is 1. The smallest absolute Gasteiger partial charge is 0.265 e. The Morgan fingerprint density at radius 1 is 0.861 bits per heavy atom. The average molecular weight is 504 g/mol. The molecule has 1 amide bonds. The van der Waals surface area contributed by atoms with Gasteiger partial charge in [-0.25, -0.2) is 17.5 Å². The Labute approximate surface area is 210 Å². The fourth-order valence-corrected chi connectivity index (χ4v) is 4.92. The molecule has 0 aliphatic carbocycles. The van der Waals surface area contributed by atoms with Crippen molar-refractivity contribution in [3.05, 3.63) is 120 Å². The first kappa shape index (κ1) is 25.1. The summed E-state index contributed by atoms with van der Waals surface area (Å²) in [5.41, 5.74) is 3.80. The normalized spacial score (nSPS) is 11.2. The summed E-state index contributed by atoms with van der Waals surface area (Å²) in [5.74, 6) is -0.580. The number of hydrogen-bond donors (Lipinski definition) is 1. The van der Waals surface area contributed by atoms with Gasteiger partial charge in [0.2, 0.25) is 0 Å². The van der Waals surface area contributed by atoms with E-state index in [4.69, 9.17) is 4.74 Å². The molecule has 0 bridgehead atoms. The summed E-state index contributed by atoms with van der Waals surface area (Å²) < 4.78 is 46.6. The van der Waals surface area contributed by atoms with E-state index in [1.165, 1.54) is 0 Å². The van der Waals surface area contributed by atoms with Crippen LogP contribution in [0, 0.1) is 5.82 Å². The van der Waals surface area contributed by atoms with Gasteiger partial charge in [0.1, 0.15) is 11.6 Å². The lowest BCUT2D eigenvalue weighted by molar-refractivity contribution is 0.0980. The highest BCUT2D eigenvalue weighted by molar-refractivity contribution is 7.90. The van der Waals surface area contributed by atoms with Crippen molar-refractivity contribution in [2.45, 2.75) is 24.7 Å². The Morgan fingerprint density at radius 3 is 2.28 bits per heavy atom. The fraction of sp³-hybridized carbons (Fsp3) is 0.138. The molecule has 4 rings (SSSR count). The van der Waals surface area contributed by atoms with E-state index in [1.807, 2.05) is 67.6 Å². The average Bonchev–Trinajstić information content (AvgIpc) is 2.88. The number of carbonyl (C=O) groups excluding carboxylic acids is 1. The Bertz CT molecular complexity index is 1450. The molecule has 184 valence electrons. The molecule has 7 heteroatoms. The van der Waals surface area contributed by atoms with Crippen LogP contribution in [0.5, 0.6) is 5.75 Å². The third-order valence-electron chi connectivity index (χ3n) is 5.72. The van der Waals surface area contributed by atoms with Crippen molar-refractivity contribution < 1.29 is 22.3 Å². The molecule has 0 radical (unpaired) electrons. The second-order valence-electron chi connectivity index (χ2n) is 8.18. The van der Waals surface area contributed by atoms with Crippen LogP contribution >= 0.6 is 0 Å². The third-order valence-corrected chi connectivity index (χ3v) is 7.07. The summed E-state index contributed by atoms with van der Waals surface area (Å²) >= 11 is 0. The second-order valence-corrected chi connectivity index (χ2v) is 9.86. The molecule has 0 aliphatic heterocycles. The van der Waals surface area contributed by atoms with Crippen LogP contribution < -0.4 is 9.46 Å². The van der Waals surface area contributed by atoms with E-state index >= 15 is 0 Å². The van der Waals surface area contributed by atoms with E-state index in [-0.39, 0.29) is 10.5 Å². The first-order valence-electron chi connectivity index (χ1n) is 11.6. The maximum absolute atomic E-state index is 13.2. The number of carbonyl (C=O) groups is 1. The molecule has 4 aromatic carbocycles. The SMILES string of the molecule is CCOc1ccccc1-c1ccc(C(=O)NS(=O)(=O)c2ccc(F)cc2)c(CCc2ccccc2)c1. The molecule has 0 heterocycles. The summed E-state index contributed by atoms with van der Waals surface area (Å²) in [6, 6.07) is 27.1. The van der Waals surface area contributed by atoms with Gasteiger partial charge in [-0.15, -0.1) is 0 Å². The molecule has 4 aromatic rings. The Balaban J connectivity index is 1.69. The number of amides is 1. The summed E-state index contributed by atoms with van der Waals surface area (Å²) in [5, 5.41) is 0. The van der Waals surface area contributed by atoms with Crippen molar-refractivity contribution in [2.24, 2.45) is 0 Å². The predicted molar refractivity (Wildman–Crippen MR) is 138 cm³/mol. The molecule has 36 heavy (non-hydrogen) atoms. The number of aryl methyl sites for hydroxylation is 2. The third kappa shape index (κ3) is 5.98. The molecule has 0 aromatic heterocycles. The van der Waals surface area contributed by atoms with Crippen LogP contribution in [-0.4, -0.2) is 20.9 Å². The zero-order chi connectivity index (χ0) is 25.5. The van der Waals surface area contributed by atoms with Gasteiger partial charge in [-0.3, -0.25) is 4.79 Å². The lowest BCUT2D eigenvalue weighted by Crippen LogP contribution is -2.31. The first-order chi connectivity index (χ1) is 17.4. The topological polar surface area (TPSA) is 72.5 Å². The summed E-state index contributed by atoms with van der Waals surface area (Å²) in [4.78, 5) is 13.0. The van der Waals surface area contributed by atoms with E-state index in [0.29, 0.717) is 25.0 Å². The number of rotatable bonds is 9. The lowest BCUT2D eigenvalue weighted by Gasteiger charge is -2.15. The molecule has 0 fully saturated rings. The number of benzene rings is 4. The summed E-state index contributed by atoms with van der Waals surface area (Å²) in [7, 11) is -4.17. The zero-order valence-electron chi connectivity index (χ0n) is 19.8. The van der Waals surface area contributed by atoms with E-state index < -0.39 is 21.7 Å². The van der Waals surface area contributed by atoms with Crippen LogP contribution in [-0.2, 0) is 22.9 Å². The molecule has 1 N–H and O–H groups in total. The van der Waals surface area contributed by atoms with Crippen LogP contribution in [0.1, 0.15) is 28.4 Å². The minimum Gasteiger partial charge on any atom is -0.493 e. The number of nitrogens with one attached hydrogen (secondary N) is 1. The monoisotopic (exact) mass is 503 g/mol. The van der Waals surface area contributed by atoms with Crippen molar-refractivity contribution in [1.82, 2.24) is 4.72 Å². The van der Waals surface area contributed by atoms with Crippen LogP contribution in [0.2, 0.25) is 0 Å². The van der Waals surface area contributed by atoms with Crippen molar-refractivity contribution in [2.75, 3.05) is 6.61 Å². The van der Waals surface area contributed by atoms with Gasteiger partial charge in [0.15, 0.2) is 0 Å². The molecule has 0 atom stereocenters. The molecule has 0 spiro atoms. The summed E-state index contributed by atoms with van der Waals surface area (Å²) in [6.45, 7) is 2.43. The largest absolute Gasteiger partial charge is 0.493 e. The van der Waals surface area contributed by atoms with Crippen LogP contribution in [0.3, 0.4) is 0 Å². The van der Waals surface area contributed by atoms with Crippen LogP contribution in [0.15, 0.2) is 102 Å². The fourth-order valence-electron chi connectivity index (χ4n) is 3.95. The van der Waals surface area contributed by atoms with E-state index in [9.17, 15) is 17.6 Å². The summed E-state index contributed by atoms with van der Waals surface area (Å²) in [6.07, 6.45) is 1.19. The molecule has 5 nitrogen and oxygen atoms in total. The highest BCUT2D eigenvalue weighted by Crippen LogP contribution is 2.32. The predicted octanol–water partition coefficient (Wildman–Crippen LogP) is 5.80. The minimum absolute atomic E-state index is 0.189. The molecule has 0 saturated heterocycles. The van der Waals surface area contributed by atoms with Crippen molar-refractivity contribution >= 4 is 15.9 Å². The van der Waals surface area contributed by atoms with Crippen molar-refractivity contribution in [1.29, 1.82) is 0 Å². The first-order valence-corrected chi connectivity index (χ1v) is 13.1. The molecule has 0 aliphatic rings. The lowest BCUT2D eigenvalue weighted by atomic mass is 9.94. The Morgan fingerprint density at radius 2 is 1.56 bits per heavy atom. The van der Waals surface area contributed by atoms with Gasteiger partial charge in [0.05, 0.1) is 11.5 Å². The second kappa shape index (κ2) is 11.2. The quantitative estimate of drug-likeness (QED) is 0.314. The standard InChI is InChI=1S/C29H26FNO4S/c1-2-35-28-11-7-6-10-26(28)22-14-19-27(23(20-22)13-12-21-8-4-3-5-9-21)29(32)31-36(33,34)25-17-15-24(30)16-18-25/h3-11,14-20H,2,12-13H2,1H3,(H,31,32). The van der Waals surface area contributed by atoms with Gasteiger partial charge in [-0.05, 0) is 72.9 Å². The van der Waals surface area contributed by atoms with Crippen molar-refractivity contribution in [3.8, 4) is 16.9 Å². The maximum Gasteiger partial charge on any atom is 0.265 e. The molecular weight excluding hydrogens is 477 g/mol. The Hall–Kier alpha value is -3.97. The number of halogens is 1. The highest BCUT2D eigenvalue weighted by Gasteiger charge is 2.21. The van der Waals surface area contributed by atoms with Gasteiger partial charge in [0.25, 0.3) is 15.9 Å². The van der Waals surface area contributed by atoms with Crippen LogP contribution in [0.4, 0.5) is 4.39 Å². The van der Waals surface area contributed by atoms with Crippen molar-refractivity contribution in [3.63, 3.8) is 0 Å². The van der Waals surface area contributed by atoms with Crippen LogP contribution in [0.25, 0.3) is 11.1 Å². The molecule has 0 unspecified atom stereocenters. The molecular formula is C29H26FNO4S. The number of hydrogen-bond acceptors (Lipinski definition) is 4. The van der Waals surface area contributed by atoms with Gasteiger partial charge < -0.3 is 4.74 Å². The highest BCUT2D eigenvalue weighted by atomic mass is 32.2. The van der Waals surface area contributed by atoms with Gasteiger partial charge >= 0.3 is 0 Å². The van der Waals surface area contributed by atoms with E-state index in [2.05, 4.69) is 4.72 Å². The van der Waals surface area contributed by atoms with Gasteiger partial charge in [0, 0.05) is 11.1 Å². The zero-order valence-corrected chi connectivity index (χ0v) is 20.6. The minimum atomic E-state index is -4.17. The van der Waals surface area contributed by atoms with E-state index in [1.54, 1.807) is 12.1 Å². The Kier molecular flexibility index (Phi) is 7.80.